The quantitative estimate of drug-likeness (QED) is 0.252. The first-order valence-electron chi connectivity index (χ1n) is 14.0. The second-order valence-electron chi connectivity index (χ2n) is 11.4. The topological polar surface area (TPSA) is 15.6 Å². The number of benzene rings is 2. The molecule has 0 fully saturated rings. The number of aliphatic imine (C=N–C) groups is 1. The minimum Gasteiger partial charge on any atom is -0.372 e. The summed E-state index contributed by atoms with van der Waals surface area (Å²) in [6.07, 6.45) is 12.3. The molecular weight excluding hydrogens is 516 g/mol. The molecule has 0 saturated heterocycles. The maximum Gasteiger partial charge on any atom is 0.0574 e. The monoisotopic (exact) mass is 560 g/mol. The van der Waals surface area contributed by atoms with Gasteiger partial charge in [0.05, 0.1) is 5.71 Å². The molecule has 0 aromatic heterocycles. The van der Waals surface area contributed by atoms with E-state index in [1.165, 1.54) is 40.8 Å². The number of allylic oxidation sites excluding steroid dienone is 5. The average molecular weight is 562 g/mol. The molecule has 3 rings (SSSR count). The Balaban J connectivity index is 1.92. The summed E-state index contributed by atoms with van der Waals surface area (Å²) in [5.74, 6) is 2.09. The molecule has 2 nitrogen and oxygen atoms in total. The van der Waals surface area contributed by atoms with E-state index in [9.17, 15) is 0 Å². The van der Waals surface area contributed by atoms with Crippen LogP contribution in [-0.2, 0) is 0 Å². The molecule has 198 valence electrons. The summed E-state index contributed by atoms with van der Waals surface area (Å²) in [6, 6.07) is 17.9. The van der Waals surface area contributed by atoms with Crippen LogP contribution >= 0.6 is 15.9 Å². The molecule has 2 aromatic rings. The standard InChI is InChI=1S/C34H45BrN2/c1-25(2)19-22-36-32-15-9-29(10-16-32)34(28-7-13-31(35)14-8-28)30-11-17-33(18-12-30)37(23-20-26(3)4)24-21-27(5)6/h7-18,25-27H,19-24H2,1-6H3. The van der Waals surface area contributed by atoms with Crippen LogP contribution in [0, 0.1) is 17.8 Å². The Morgan fingerprint density at radius 3 is 1.65 bits per heavy atom. The van der Waals surface area contributed by atoms with Gasteiger partial charge in [-0.2, -0.15) is 0 Å². The summed E-state index contributed by atoms with van der Waals surface area (Å²) >= 11 is 3.60. The zero-order valence-corrected chi connectivity index (χ0v) is 25.3. The van der Waals surface area contributed by atoms with Crippen LogP contribution in [0.2, 0.25) is 0 Å². The van der Waals surface area contributed by atoms with Gasteiger partial charge in [0, 0.05) is 29.8 Å². The number of rotatable bonds is 12. The van der Waals surface area contributed by atoms with Gasteiger partial charge in [-0.05, 0) is 95.7 Å². The predicted molar refractivity (Wildman–Crippen MR) is 168 cm³/mol. The Morgan fingerprint density at radius 2 is 1.16 bits per heavy atom. The van der Waals surface area contributed by atoms with E-state index in [0.717, 1.165) is 36.2 Å². The van der Waals surface area contributed by atoms with Crippen LogP contribution in [0.15, 0.2) is 87.9 Å². The predicted octanol–water partition coefficient (Wildman–Crippen LogP) is 9.76. The number of halogens is 1. The number of nitrogens with zero attached hydrogens (tertiary/aromatic N) is 2. The molecule has 3 heteroatoms. The maximum atomic E-state index is 4.77. The first-order valence-corrected chi connectivity index (χ1v) is 14.8. The summed E-state index contributed by atoms with van der Waals surface area (Å²) < 4.78 is 1.09. The van der Waals surface area contributed by atoms with Crippen LogP contribution < -0.4 is 4.90 Å². The van der Waals surface area contributed by atoms with Crippen LogP contribution in [0.5, 0.6) is 0 Å². The normalized spacial score (nSPS) is 13.2. The van der Waals surface area contributed by atoms with Crippen molar-refractivity contribution in [2.45, 2.75) is 60.8 Å². The molecule has 0 bridgehead atoms. The smallest absolute Gasteiger partial charge is 0.0574 e. The third-order valence-electron chi connectivity index (χ3n) is 6.76. The second kappa shape index (κ2) is 14.5. The molecule has 0 saturated carbocycles. The fourth-order valence-electron chi connectivity index (χ4n) is 4.34. The molecule has 1 aliphatic rings. The van der Waals surface area contributed by atoms with Crippen LogP contribution in [0.4, 0.5) is 5.69 Å². The Morgan fingerprint density at radius 1 is 0.676 bits per heavy atom. The van der Waals surface area contributed by atoms with Gasteiger partial charge in [-0.25, -0.2) is 0 Å². The third-order valence-corrected chi connectivity index (χ3v) is 7.29. The SMILES string of the molecule is CC(C)CCN=C1C=CC(=C(c2ccc(Br)cc2)c2ccc(N(CCC(C)C)CCC(C)C)cc2)C=C1. The van der Waals surface area contributed by atoms with Gasteiger partial charge in [0.15, 0.2) is 0 Å². The van der Waals surface area contributed by atoms with Gasteiger partial charge in [0.25, 0.3) is 0 Å². The lowest BCUT2D eigenvalue weighted by Gasteiger charge is -2.27. The second-order valence-corrected chi connectivity index (χ2v) is 12.3. The molecule has 0 heterocycles. The van der Waals surface area contributed by atoms with E-state index in [1.54, 1.807) is 0 Å². The molecular formula is C34H45BrN2. The van der Waals surface area contributed by atoms with Crippen molar-refractivity contribution in [3.63, 3.8) is 0 Å². The Labute approximate surface area is 234 Å². The van der Waals surface area contributed by atoms with Crippen molar-refractivity contribution in [3.8, 4) is 0 Å². The first kappa shape index (κ1) is 29.2. The number of hydrogen-bond acceptors (Lipinski definition) is 2. The summed E-state index contributed by atoms with van der Waals surface area (Å²) in [5.41, 5.74) is 7.30. The van der Waals surface area contributed by atoms with Crippen molar-refractivity contribution >= 4 is 32.9 Å². The number of anilines is 1. The fourth-order valence-corrected chi connectivity index (χ4v) is 4.60. The molecule has 1 aliphatic carbocycles. The molecule has 0 atom stereocenters. The van der Waals surface area contributed by atoms with E-state index >= 15 is 0 Å². The van der Waals surface area contributed by atoms with E-state index in [-0.39, 0.29) is 0 Å². The lowest BCUT2D eigenvalue weighted by atomic mass is 9.90. The van der Waals surface area contributed by atoms with Gasteiger partial charge in [-0.1, -0.05) is 93.9 Å². The van der Waals surface area contributed by atoms with Gasteiger partial charge in [0.1, 0.15) is 0 Å². The van der Waals surface area contributed by atoms with Crippen molar-refractivity contribution in [3.05, 3.63) is 94.0 Å². The zero-order chi connectivity index (χ0) is 26.8. The minimum absolute atomic E-state index is 0.676. The summed E-state index contributed by atoms with van der Waals surface area (Å²) in [4.78, 5) is 7.34. The average Bonchev–Trinajstić information content (AvgIpc) is 2.86. The van der Waals surface area contributed by atoms with Crippen molar-refractivity contribution in [1.82, 2.24) is 0 Å². The van der Waals surface area contributed by atoms with Gasteiger partial charge in [-0.15, -0.1) is 0 Å². The van der Waals surface area contributed by atoms with Crippen molar-refractivity contribution in [2.24, 2.45) is 22.7 Å². The highest BCUT2D eigenvalue weighted by molar-refractivity contribution is 9.10. The van der Waals surface area contributed by atoms with Crippen molar-refractivity contribution < 1.29 is 0 Å². The largest absolute Gasteiger partial charge is 0.372 e. The summed E-state index contributed by atoms with van der Waals surface area (Å²) in [7, 11) is 0. The van der Waals surface area contributed by atoms with Crippen LogP contribution in [-0.4, -0.2) is 25.3 Å². The Kier molecular flexibility index (Phi) is 11.4. The van der Waals surface area contributed by atoms with Crippen molar-refractivity contribution in [1.29, 1.82) is 0 Å². The molecule has 37 heavy (non-hydrogen) atoms. The van der Waals surface area contributed by atoms with Crippen LogP contribution in [0.3, 0.4) is 0 Å². The lowest BCUT2D eigenvalue weighted by molar-refractivity contribution is 0.535. The minimum atomic E-state index is 0.676. The van der Waals surface area contributed by atoms with Crippen molar-refractivity contribution in [2.75, 3.05) is 24.5 Å². The highest BCUT2D eigenvalue weighted by atomic mass is 79.9. The van der Waals surface area contributed by atoms with Gasteiger partial charge >= 0.3 is 0 Å². The van der Waals surface area contributed by atoms with Gasteiger partial charge < -0.3 is 4.90 Å². The molecule has 0 unspecified atom stereocenters. The van der Waals surface area contributed by atoms with E-state index in [1.807, 2.05) is 0 Å². The Bertz CT molecular complexity index is 1070. The van der Waals surface area contributed by atoms with Gasteiger partial charge in [-0.3, -0.25) is 4.99 Å². The Hall–Kier alpha value is -2.39. The zero-order valence-electron chi connectivity index (χ0n) is 23.7. The maximum absolute atomic E-state index is 4.77. The fraction of sp³-hybridized carbons (Fsp3) is 0.441. The van der Waals surface area contributed by atoms with E-state index in [0.29, 0.717) is 17.8 Å². The summed E-state index contributed by atoms with van der Waals surface area (Å²) in [5, 5.41) is 0. The van der Waals surface area contributed by atoms with Gasteiger partial charge in [0.2, 0.25) is 0 Å². The molecule has 0 aliphatic heterocycles. The highest BCUT2D eigenvalue weighted by Crippen LogP contribution is 2.32. The first-order chi connectivity index (χ1) is 17.7. The summed E-state index contributed by atoms with van der Waals surface area (Å²) in [6.45, 7) is 16.8. The molecule has 0 radical (unpaired) electrons. The third kappa shape index (κ3) is 9.45. The molecule has 0 N–H and O–H groups in total. The van der Waals surface area contributed by atoms with Crippen LogP contribution in [0.25, 0.3) is 5.57 Å². The van der Waals surface area contributed by atoms with E-state index in [4.69, 9.17) is 4.99 Å². The molecule has 2 aromatic carbocycles. The highest BCUT2D eigenvalue weighted by Gasteiger charge is 2.14. The number of hydrogen-bond donors (Lipinski definition) is 0. The lowest BCUT2D eigenvalue weighted by Crippen LogP contribution is -2.27. The van der Waals surface area contributed by atoms with E-state index in [2.05, 4.69) is 135 Å². The molecule has 0 amide bonds. The molecule has 0 spiro atoms. The van der Waals surface area contributed by atoms with E-state index < -0.39 is 0 Å². The van der Waals surface area contributed by atoms with Crippen LogP contribution in [0.1, 0.15) is 71.9 Å².